The van der Waals surface area contributed by atoms with Crippen LogP contribution < -0.4 is 10.7 Å². The van der Waals surface area contributed by atoms with E-state index in [9.17, 15) is 0 Å². The lowest BCUT2D eigenvalue weighted by atomic mass is 10.0. The summed E-state index contributed by atoms with van der Waals surface area (Å²) in [6, 6.07) is 2.04. The summed E-state index contributed by atoms with van der Waals surface area (Å²) in [7, 11) is 0. The predicted molar refractivity (Wildman–Crippen MR) is 55.8 cm³/mol. The number of hydrogen-bond acceptors (Lipinski definition) is 3. The molecule has 2 fully saturated rings. The van der Waals surface area contributed by atoms with Gasteiger partial charge in [0.25, 0.3) is 0 Å². The zero-order valence-electron chi connectivity index (χ0n) is 8.74. The average Bonchev–Trinajstić information content (AvgIpc) is 3.02. The van der Waals surface area contributed by atoms with Crippen LogP contribution in [0.4, 0.5) is 0 Å². The molecule has 3 rings (SSSR count). The highest BCUT2D eigenvalue weighted by atomic mass is 15.6. The Bertz CT molecular complexity index is 309. The first kappa shape index (κ1) is 9.33. The van der Waals surface area contributed by atoms with Crippen LogP contribution in [0.1, 0.15) is 25.0 Å². The molecule has 1 radical (unpaired) electrons. The number of aromatic nitrogens is 2. The molecule has 81 valence electrons. The molecule has 0 aromatic carbocycles. The second kappa shape index (κ2) is 3.59. The summed E-state index contributed by atoms with van der Waals surface area (Å²) in [5.74, 6) is 0. The van der Waals surface area contributed by atoms with E-state index in [1.54, 1.807) is 0 Å². The smallest absolute Gasteiger partial charge is 0.144 e. The van der Waals surface area contributed by atoms with Gasteiger partial charge in [-0.3, -0.25) is 10.5 Å². The molecule has 2 aliphatic rings. The van der Waals surface area contributed by atoms with Crippen LogP contribution in [-0.2, 0) is 5.66 Å². The van der Waals surface area contributed by atoms with E-state index >= 15 is 0 Å². The minimum atomic E-state index is -0.198. The largest absolute Gasteiger partial charge is 0.285 e. The first-order valence-electron chi connectivity index (χ1n) is 5.62. The Labute approximate surface area is 89.2 Å². The molecule has 3 heterocycles. The van der Waals surface area contributed by atoms with Crippen molar-refractivity contribution in [2.45, 2.75) is 24.9 Å². The summed E-state index contributed by atoms with van der Waals surface area (Å²) in [5, 5.41) is 14.2. The van der Waals surface area contributed by atoms with Gasteiger partial charge in [0.2, 0.25) is 0 Å². The van der Waals surface area contributed by atoms with Crippen molar-refractivity contribution in [2.24, 2.45) is 0 Å². The van der Waals surface area contributed by atoms with Crippen molar-refractivity contribution in [1.29, 1.82) is 0 Å². The molecule has 1 atom stereocenters. The van der Waals surface area contributed by atoms with Crippen molar-refractivity contribution < 1.29 is 0 Å². The lowest BCUT2D eigenvalue weighted by Crippen LogP contribution is -2.53. The molecular weight excluding hydrogens is 190 g/mol. The molecule has 2 aliphatic heterocycles. The molecule has 5 nitrogen and oxygen atoms in total. The van der Waals surface area contributed by atoms with Crippen molar-refractivity contribution in [2.75, 3.05) is 19.6 Å². The third-order valence-corrected chi connectivity index (χ3v) is 3.28. The van der Waals surface area contributed by atoms with Crippen LogP contribution in [0.15, 0.2) is 12.3 Å². The first-order valence-corrected chi connectivity index (χ1v) is 5.62. The fourth-order valence-corrected chi connectivity index (χ4v) is 2.57. The Morgan fingerprint density at radius 1 is 1.40 bits per heavy atom. The quantitative estimate of drug-likeness (QED) is 0.725. The van der Waals surface area contributed by atoms with Crippen LogP contribution in [0.25, 0.3) is 0 Å². The lowest BCUT2D eigenvalue weighted by molar-refractivity contribution is 0.0424. The second-order valence-electron chi connectivity index (χ2n) is 4.17. The molecule has 0 amide bonds. The summed E-state index contributed by atoms with van der Waals surface area (Å²) in [6.07, 6.45) is 5.30. The highest BCUT2D eigenvalue weighted by Gasteiger charge is 2.45. The van der Waals surface area contributed by atoms with Gasteiger partial charge in [-0.2, -0.15) is 5.10 Å². The molecule has 2 N–H and O–H groups in total. The Balaban J connectivity index is 1.94. The second-order valence-corrected chi connectivity index (χ2v) is 4.17. The Hall–Kier alpha value is -0.910. The van der Waals surface area contributed by atoms with Crippen molar-refractivity contribution in [3.63, 3.8) is 0 Å². The van der Waals surface area contributed by atoms with E-state index in [4.69, 9.17) is 5.32 Å². The van der Waals surface area contributed by atoms with Crippen molar-refractivity contribution in [3.05, 3.63) is 18.0 Å². The van der Waals surface area contributed by atoms with Crippen molar-refractivity contribution >= 4 is 0 Å². The number of H-pyrrole nitrogens is 1. The van der Waals surface area contributed by atoms with Gasteiger partial charge in [-0.15, -0.1) is 0 Å². The van der Waals surface area contributed by atoms with Crippen LogP contribution in [0.5, 0.6) is 0 Å². The number of nitrogens with one attached hydrogen (secondary N) is 2. The van der Waals surface area contributed by atoms with Gasteiger partial charge in [0, 0.05) is 25.8 Å². The maximum Gasteiger partial charge on any atom is 0.144 e. The maximum absolute atomic E-state index is 4.77. The number of aromatic amines is 1. The Morgan fingerprint density at radius 2 is 2.40 bits per heavy atom. The van der Waals surface area contributed by atoms with E-state index in [0.29, 0.717) is 0 Å². The molecule has 2 saturated heterocycles. The third-order valence-electron chi connectivity index (χ3n) is 3.28. The fourth-order valence-electron chi connectivity index (χ4n) is 2.57. The fraction of sp³-hybridized carbons (Fsp3) is 0.700. The minimum Gasteiger partial charge on any atom is -0.285 e. The molecule has 1 unspecified atom stereocenters. The van der Waals surface area contributed by atoms with E-state index in [2.05, 4.69) is 20.6 Å². The van der Waals surface area contributed by atoms with Crippen LogP contribution >= 0.6 is 0 Å². The highest BCUT2D eigenvalue weighted by Crippen LogP contribution is 2.34. The molecule has 0 saturated carbocycles. The molecule has 0 bridgehead atoms. The average molecular weight is 206 g/mol. The third kappa shape index (κ3) is 1.39. The van der Waals surface area contributed by atoms with E-state index in [1.807, 2.05) is 12.3 Å². The van der Waals surface area contributed by atoms with Gasteiger partial charge in [0.1, 0.15) is 5.66 Å². The van der Waals surface area contributed by atoms with Crippen LogP contribution in [0.2, 0.25) is 0 Å². The Morgan fingerprint density at radius 3 is 3.00 bits per heavy atom. The van der Waals surface area contributed by atoms with Gasteiger partial charge in [0.15, 0.2) is 0 Å². The minimum absolute atomic E-state index is 0.198. The summed E-state index contributed by atoms with van der Waals surface area (Å²) >= 11 is 0. The molecule has 1 aromatic rings. The van der Waals surface area contributed by atoms with Crippen LogP contribution in [0.3, 0.4) is 0 Å². The maximum atomic E-state index is 4.77. The molecule has 0 spiro atoms. The molecule has 0 aliphatic carbocycles. The summed E-state index contributed by atoms with van der Waals surface area (Å²) < 4.78 is 0. The standard InChI is InChI=1S/C10H16N5/c1-4-10(11-5-1,9-3-7-12-14-9)15-8-2-6-13-15/h3,7,13H,1-2,4-6,8H2,(H,12,14). The zero-order valence-corrected chi connectivity index (χ0v) is 8.74. The normalized spacial score (nSPS) is 32.5. The van der Waals surface area contributed by atoms with E-state index in [0.717, 1.165) is 38.2 Å². The molecule has 15 heavy (non-hydrogen) atoms. The van der Waals surface area contributed by atoms with Gasteiger partial charge >= 0.3 is 0 Å². The molecule has 1 aromatic heterocycles. The van der Waals surface area contributed by atoms with Gasteiger partial charge in [-0.25, -0.2) is 10.3 Å². The topological polar surface area (TPSA) is 58.1 Å². The number of nitrogens with zero attached hydrogens (tertiary/aromatic N) is 3. The monoisotopic (exact) mass is 206 g/mol. The summed E-state index contributed by atoms with van der Waals surface area (Å²) in [6.45, 7) is 3.07. The van der Waals surface area contributed by atoms with Crippen molar-refractivity contribution in [1.82, 2.24) is 25.9 Å². The van der Waals surface area contributed by atoms with Crippen molar-refractivity contribution in [3.8, 4) is 0 Å². The molecule has 5 heteroatoms. The lowest BCUT2D eigenvalue weighted by Gasteiger charge is -2.35. The number of hydrazine groups is 1. The molecular formula is C10H16N5. The summed E-state index contributed by atoms with van der Waals surface area (Å²) in [4.78, 5) is 0. The van der Waals surface area contributed by atoms with E-state index < -0.39 is 0 Å². The van der Waals surface area contributed by atoms with Gasteiger partial charge < -0.3 is 0 Å². The van der Waals surface area contributed by atoms with Gasteiger partial charge in [-0.1, -0.05) is 0 Å². The zero-order chi connectivity index (χ0) is 10.1. The van der Waals surface area contributed by atoms with E-state index in [1.165, 1.54) is 6.42 Å². The Kier molecular flexibility index (Phi) is 2.23. The highest BCUT2D eigenvalue weighted by molar-refractivity contribution is 5.14. The number of rotatable bonds is 2. The van der Waals surface area contributed by atoms with Crippen LogP contribution in [0, 0.1) is 0 Å². The van der Waals surface area contributed by atoms with Gasteiger partial charge in [0.05, 0.1) is 5.69 Å². The first-order chi connectivity index (χ1) is 7.42. The summed E-state index contributed by atoms with van der Waals surface area (Å²) in [5.41, 5.74) is 4.27. The predicted octanol–water partition coefficient (Wildman–Crippen LogP) is 0.171. The van der Waals surface area contributed by atoms with Crippen LogP contribution in [-0.4, -0.2) is 34.8 Å². The van der Waals surface area contributed by atoms with Gasteiger partial charge in [-0.05, 0) is 25.3 Å². The SMILES string of the molecule is c1cc(C2(N3CCCN3)CCC[N]2)n[nH]1. The number of hydrogen-bond donors (Lipinski definition) is 2. The van der Waals surface area contributed by atoms with E-state index in [-0.39, 0.29) is 5.66 Å².